The van der Waals surface area contributed by atoms with Crippen LogP contribution in [0.25, 0.3) is 0 Å². The highest BCUT2D eigenvalue weighted by Gasteiger charge is 2.29. The lowest BCUT2D eigenvalue weighted by atomic mass is 10.2. The number of halogens is 3. The molecule has 1 aromatic rings. The number of amides is 1. The zero-order valence-electron chi connectivity index (χ0n) is 8.42. The van der Waals surface area contributed by atoms with Gasteiger partial charge in [0.1, 0.15) is 5.82 Å². The lowest BCUT2D eigenvalue weighted by Gasteiger charge is -2.16. The molecule has 1 atom stereocenters. The van der Waals surface area contributed by atoms with Crippen molar-refractivity contribution in [3.8, 4) is 0 Å². The van der Waals surface area contributed by atoms with Gasteiger partial charge < -0.3 is 4.90 Å². The van der Waals surface area contributed by atoms with Crippen molar-refractivity contribution in [2.24, 2.45) is 5.92 Å². The normalized spacial score (nSPS) is 20.6. The summed E-state index contributed by atoms with van der Waals surface area (Å²) in [7, 11) is 0. The monoisotopic (exact) mass is 305 g/mol. The number of carbonyl (C=O) groups is 1. The van der Waals surface area contributed by atoms with Crippen molar-refractivity contribution in [3.63, 3.8) is 0 Å². The fourth-order valence-corrected chi connectivity index (χ4v) is 2.40. The summed E-state index contributed by atoms with van der Waals surface area (Å²) in [5, 5.41) is 0.844. The van der Waals surface area contributed by atoms with E-state index in [9.17, 15) is 9.18 Å². The summed E-state index contributed by atoms with van der Waals surface area (Å²) in [4.78, 5) is 13.4. The minimum atomic E-state index is -0.464. The van der Waals surface area contributed by atoms with Crippen LogP contribution in [0.4, 0.5) is 10.1 Å². The van der Waals surface area contributed by atoms with E-state index in [0.29, 0.717) is 24.6 Å². The van der Waals surface area contributed by atoms with Crippen LogP contribution in [-0.2, 0) is 4.79 Å². The van der Waals surface area contributed by atoms with E-state index in [0.717, 1.165) is 5.33 Å². The van der Waals surface area contributed by atoms with E-state index in [1.165, 1.54) is 12.1 Å². The molecule has 1 aliphatic rings. The lowest BCUT2D eigenvalue weighted by molar-refractivity contribution is -0.117. The summed E-state index contributed by atoms with van der Waals surface area (Å²) in [5.41, 5.74) is 0.667. The van der Waals surface area contributed by atoms with E-state index >= 15 is 0 Å². The smallest absolute Gasteiger partial charge is 0.227 e. The van der Waals surface area contributed by atoms with Gasteiger partial charge in [-0.25, -0.2) is 4.39 Å². The molecule has 1 saturated heterocycles. The van der Waals surface area contributed by atoms with E-state index in [2.05, 4.69) is 15.9 Å². The predicted octanol–water partition coefficient (Wildman–Crippen LogP) is 3.23. The van der Waals surface area contributed by atoms with Crippen LogP contribution in [0.2, 0.25) is 5.02 Å². The van der Waals surface area contributed by atoms with Crippen molar-refractivity contribution >= 4 is 39.1 Å². The molecule has 1 unspecified atom stereocenters. The SMILES string of the molecule is O=C1CC(CBr)CN1c1ccc(F)c(Cl)c1. The average Bonchev–Trinajstić information content (AvgIpc) is 2.64. The molecule has 0 N–H and O–H groups in total. The third-order valence-electron chi connectivity index (χ3n) is 2.64. The number of carbonyl (C=O) groups excluding carboxylic acids is 1. The van der Waals surface area contributed by atoms with Crippen LogP contribution in [0.15, 0.2) is 18.2 Å². The second-order valence-corrected chi connectivity index (χ2v) is 4.88. The quantitative estimate of drug-likeness (QED) is 0.768. The number of alkyl halides is 1. The molecular weight excluding hydrogens is 296 g/mol. The van der Waals surface area contributed by atoms with E-state index in [1.807, 2.05) is 0 Å². The molecule has 1 aromatic carbocycles. The summed E-state index contributed by atoms with van der Waals surface area (Å²) in [5.74, 6) is -0.0856. The molecule has 1 amide bonds. The molecule has 0 aromatic heterocycles. The van der Waals surface area contributed by atoms with Crippen molar-refractivity contribution in [2.75, 3.05) is 16.8 Å². The Bertz CT molecular complexity index is 426. The third-order valence-corrected chi connectivity index (χ3v) is 3.84. The summed E-state index contributed by atoms with van der Waals surface area (Å²) in [6.07, 6.45) is 0.528. The molecule has 86 valence electrons. The third kappa shape index (κ3) is 2.23. The molecule has 0 spiro atoms. The largest absolute Gasteiger partial charge is 0.312 e. The highest BCUT2D eigenvalue weighted by Crippen LogP contribution is 2.28. The number of benzene rings is 1. The van der Waals surface area contributed by atoms with Crippen molar-refractivity contribution in [1.82, 2.24) is 0 Å². The van der Waals surface area contributed by atoms with Crippen LogP contribution in [0, 0.1) is 11.7 Å². The average molecular weight is 307 g/mol. The first-order chi connectivity index (χ1) is 7.61. The van der Waals surface area contributed by atoms with Gasteiger partial charge in [0.25, 0.3) is 0 Å². The van der Waals surface area contributed by atoms with Crippen LogP contribution < -0.4 is 4.90 Å². The fraction of sp³-hybridized carbons (Fsp3) is 0.364. The van der Waals surface area contributed by atoms with Crippen LogP contribution in [0.3, 0.4) is 0 Å². The minimum Gasteiger partial charge on any atom is -0.312 e. The van der Waals surface area contributed by atoms with Crippen LogP contribution >= 0.6 is 27.5 Å². The van der Waals surface area contributed by atoms with Gasteiger partial charge in [0.2, 0.25) is 5.91 Å². The molecule has 2 rings (SSSR count). The second kappa shape index (κ2) is 4.72. The summed E-state index contributed by atoms with van der Waals surface area (Å²) >= 11 is 9.05. The van der Waals surface area contributed by atoms with Crippen molar-refractivity contribution in [1.29, 1.82) is 0 Å². The Labute approximate surface area is 107 Å². The Hall–Kier alpha value is -0.610. The van der Waals surface area contributed by atoms with Gasteiger partial charge in [-0.3, -0.25) is 4.79 Å². The predicted molar refractivity (Wildman–Crippen MR) is 65.7 cm³/mol. The molecule has 1 fully saturated rings. The number of anilines is 1. The first-order valence-electron chi connectivity index (χ1n) is 4.93. The zero-order chi connectivity index (χ0) is 11.7. The van der Waals surface area contributed by atoms with Gasteiger partial charge in [-0.05, 0) is 24.1 Å². The first kappa shape index (κ1) is 11.9. The molecule has 16 heavy (non-hydrogen) atoms. The van der Waals surface area contributed by atoms with E-state index in [-0.39, 0.29) is 10.9 Å². The van der Waals surface area contributed by atoms with Crippen LogP contribution in [-0.4, -0.2) is 17.8 Å². The van der Waals surface area contributed by atoms with E-state index < -0.39 is 5.82 Å². The molecule has 1 aliphatic heterocycles. The van der Waals surface area contributed by atoms with Gasteiger partial charge in [-0.2, -0.15) is 0 Å². The van der Waals surface area contributed by atoms with Gasteiger partial charge >= 0.3 is 0 Å². The molecule has 0 radical (unpaired) electrons. The molecule has 0 bridgehead atoms. The van der Waals surface area contributed by atoms with Gasteiger partial charge in [0.05, 0.1) is 5.02 Å². The zero-order valence-corrected chi connectivity index (χ0v) is 10.8. The van der Waals surface area contributed by atoms with Crippen LogP contribution in [0.1, 0.15) is 6.42 Å². The van der Waals surface area contributed by atoms with Gasteiger partial charge in [0, 0.05) is 24.0 Å². The Morgan fingerprint density at radius 2 is 2.31 bits per heavy atom. The topological polar surface area (TPSA) is 20.3 Å². The van der Waals surface area contributed by atoms with Gasteiger partial charge in [-0.15, -0.1) is 0 Å². The van der Waals surface area contributed by atoms with Crippen molar-refractivity contribution < 1.29 is 9.18 Å². The summed E-state index contributed by atoms with van der Waals surface area (Å²) in [6.45, 7) is 0.659. The molecule has 2 nitrogen and oxygen atoms in total. The number of hydrogen-bond acceptors (Lipinski definition) is 1. The number of nitrogens with zero attached hydrogens (tertiary/aromatic N) is 1. The van der Waals surface area contributed by atoms with Gasteiger partial charge in [-0.1, -0.05) is 27.5 Å². The molecule has 5 heteroatoms. The second-order valence-electron chi connectivity index (χ2n) is 3.83. The first-order valence-corrected chi connectivity index (χ1v) is 6.43. The highest BCUT2D eigenvalue weighted by atomic mass is 79.9. The Balaban J connectivity index is 2.24. The maximum atomic E-state index is 13.0. The Morgan fingerprint density at radius 1 is 1.56 bits per heavy atom. The van der Waals surface area contributed by atoms with Crippen molar-refractivity contribution in [2.45, 2.75) is 6.42 Å². The molecule has 1 heterocycles. The molecular formula is C11H10BrClFNO. The summed E-state index contributed by atoms with van der Waals surface area (Å²) in [6, 6.07) is 4.35. The van der Waals surface area contributed by atoms with Gasteiger partial charge in [0.15, 0.2) is 0 Å². The fourth-order valence-electron chi connectivity index (χ4n) is 1.79. The maximum absolute atomic E-state index is 13.0. The maximum Gasteiger partial charge on any atom is 0.227 e. The lowest BCUT2D eigenvalue weighted by Crippen LogP contribution is -2.24. The van der Waals surface area contributed by atoms with E-state index in [4.69, 9.17) is 11.6 Å². The highest BCUT2D eigenvalue weighted by molar-refractivity contribution is 9.09. The Kier molecular flexibility index (Phi) is 3.50. The molecule has 0 aliphatic carbocycles. The van der Waals surface area contributed by atoms with E-state index in [1.54, 1.807) is 11.0 Å². The number of hydrogen-bond donors (Lipinski definition) is 0. The Morgan fingerprint density at radius 3 is 2.88 bits per heavy atom. The van der Waals surface area contributed by atoms with Crippen LogP contribution in [0.5, 0.6) is 0 Å². The molecule has 0 saturated carbocycles. The number of rotatable bonds is 2. The standard InChI is InChI=1S/C11H10BrClFNO/c12-5-7-3-11(16)15(6-7)8-1-2-10(14)9(13)4-8/h1-2,4,7H,3,5-6H2. The van der Waals surface area contributed by atoms with Crippen molar-refractivity contribution in [3.05, 3.63) is 29.0 Å². The summed E-state index contributed by atoms with van der Waals surface area (Å²) < 4.78 is 13.0. The minimum absolute atomic E-state index is 0.0487.